The number of nitro groups is 1. The van der Waals surface area contributed by atoms with Crippen molar-refractivity contribution in [1.82, 2.24) is 4.98 Å². The van der Waals surface area contributed by atoms with Crippen LogP contribution in [0.25, 0.3) is 0 Å². The van der Waals surface area contributed by atoms with E-state index in [4.69, 9.17) is 5.11 Å². The maximum atomic E-state index is 11.1. The van der Waals surface area contributed by atoms with Crippen LogP contribution in [0.1, 0.15) is 16.8 Å². The molecule has 0 saturated carbocycles. The number of pyridine rings is 1. The standard InChI is InChI=1S/C10H11N3O5/c14-7-1-2-12(5-7)9-8(10(15)16)3-6(4-11-9)13(17)18/h3-4,7,14H,1-2,5H2,(H,15,16). The van der Waals surface area contributed by atoms with E-state index in [1.54, 1.807) is 4.90 Å². The van der Waals surface area contributed by atoms with Crippen LogP contribution >= 0.6 is 0 Å². The van der Waals surface area contributed by atoms with Crippen molar-refractivity contribution >= 4 is 17.5 Å². The molecule has 1 fully saturated rings. The van der Waals surface area contributed by atoms with Crippen LogP contribution in [0.3, 0.4) is 0 Å². The van der Waals surface area contributed by atoms with Crippen molar-refractivity contribution in [1.29, 1.82) is 0 Å². The molecule has 1 aliphatic heterocycles. The molecule has 0 radical (unpaired) electrons. The Balaban J connectivity index is 2.41. The predicted octanol–water partition coefficient (Wildman–Crippen LogP) is 0.259. The molecule has 1 unspecified atom stereocenters. The van der Waals surface area contributed by atoms with Crippen LogP contribution in [0.15, 0.2) is 12.3 Å². The lowest BCUT2D eigenvalue weighted by Gasteiger charge is -2.18. The topological polar surface area (TPSA) is 117 Å². The summed E-state index contributed by atoms with van der Waals surface area (Å²) >= 11 is 0. The fourth-order valence-electron chi connectivity index (χ4n) is 1.89. The maximum absolute atomic E-state index is 11.1. The van der Waals surface area contributed by atoms with Crippen molar-refractivity contribution in [2.75, 3.05) is 18.0 Å². The zero-order chi connectivity index (χ0) is 13.3. The van der Waals surface area contributed by atoms with E-state index in [-0.39, 0.29) is 23.6 Å². The number of β-amino-alcohol motifs (C(OH)–C–C–N with tert-alkyl or cyclic N) is 1. The Bertz CT molecular complexity index is 504. The Kier molecular flexibility index (Phi) is 3.11. The molecule has 8 heteroatoms. The number of carboxylic acid groups (broad SMARTS) is 1. The van der Waals surface area contributed by atoms with E-state index in [9.17, 15) is 20.0 Å². The molecule has 2 N–H and O–H groups in total. The number of anilines is 1. The number of hydrogen-bond acceptors (Lipinski definition) is 6. The largest absolute Gasteiger partial charge is 0.478 e. The summed E-state index contributed by atoms with van der Waals surface area (Å²) in [5, 5.41) is 29.0. The monoisotopic (exact) mass is 253 g/mol. The van der Waals surface area contributed by atoms with E-state index in [0.717, 1.165) is 12.3 Å². The molecular weight excluding hydrogens is 242 g/mol. The zero-order valence-electron chi connectivity index (χ0n) is 9.31. The first kappa shape index (κ1) is 12.2. The molecule has 1 aliphatic rings. The molecule has 0 amide bonds. The molecule has 0 aromatic carbocycles. The van der Waals surface area contributed by atoms with Crippen molar-refractivity contribution in [3.05, 3.63) is 27.9 Å². The summed E-state index contributed by atoms with van der Waals surface area (Å²) in [6, 6.07) is 0.982. The van der Waals surface area contributed by atoms with Gasteiger partial charge in [0.1, 0.15) is 17.6 Å². The molecular formula is C10H11N3O5. The molecule has 96 valence electrons. The van der Waals surface area contributed by atoms with Gasteiger partial charge in [0.25, 0.3) is 5.69 Å². The summed E-state index contributed by atoms with van der Waals surface area (Å²) in [5.41, 5.74) is -0.589. The van der Waals surface area contributed by atoms with E-state index in [1.807, 2.05) is 0 Å². The molecule has 0 spiro atoms. The van der Waals surface area contributed by atoms with Crippen LogP contribution in [0.2, 0.25) is 0 Å². The SMILES string of the molecule is O=C(O)c1cc([N+](=O)[O-])cnc1N1CCC(O)C1. The van der Waals surface area contributed by atoms with Gasteiger partial charge in [-0.05, 0) is 6.42 Å². The number of carboxylic acids is 1. The van der Waals surface area contributed by atoms with Crippen molar-refractivity contribution in [3.63, 3.8) is 0 Å². The molecule has 1 aromatic rings. The Morgan fingerprint density at radius 2 is 2.33 bits per heavy atom. The maximum Gasteiger partial charge on any atom is 0.339 e. The number of aliphatic hydroxyl groups is 1. The van der Waals surface area contributed by atoms with Crippen molar-refractivity contribution in [3.8, 4) is 0 Å². The Hall–Kier alpha value is -2.22. The van der Waals surface area contributed by atoms with Crippen LogP contribution in [-0.4, -0.2) is 45.3 Å². The van der Waals surface area contributed by atoms with Gasteiger partial charge in [-0.15, -0.1) is 0 Å². The van der Waals surface area contributed by atoms with Crippen LogP contribution < -0.4 is 4.90 Å². The number of carbonyl (C=O) groups is 1. The van der Waals surface area contributed by atoms with Gasteiger partial charge in [0.05, 0.1) is 11.0 Å². The number of hydrogen-bond donors (Lipinski definition) is 2. The molecule has 8 nitrogen and oxygen atoms in total. The number of aliphatic hydroxyl groups excluding tert-OH is 1. The average molecular weight is 253 g/mol. The van der Waals surface area contributed by atoms with Gasteiger partial charge in [-0.25, -0.2) is 9.78 Å². The first-order valence-electron chi connectivity index (χ1n) is 5.30. The second-order valence-corrected chi connectivity index (χ2v) is 4.02. The Morgan fingerprint density at radius 1 is 1.61 bits per heavy atom. The number of nitrogens with zero attached hydrogens (tertiary/aromatic N) is 3. The van der Waals surface area contributed by atoms with Gasteiger partial charge in [0.15, 0.2) is 0 Å². The third kappa shape index (κ3) is 2.23. The number of aromatic nitrogens is 1. The lowest BCUT2D eigenvalue weighted by Crippen LogP contribution is -2.24. The van der Waals surface area contributed by atoms with Gasteiger partial charge in [-0.2, -0.15) is 0 Å². The van der Waals surface area contributed by atoms with Gasteiger partial charge in [0, 0.05) is 19.2 Å². The molecule has 0 aliphatic carbocycles. The van der Waals surface area contributed by atoms with E-state index >= 15 is 0 Å². The lowest BCUT2D eigenvalue weighted by atomic mass is 10.2. The van der Waals surface area contributed by atoms with Crippen LogP contribution in [0.4, 0.5) is 11.5 Å². The first-order valence-corrected chi connectivity index (χ1v) is 5.30. The van der Waals surface area contributed by atoms with E-state index in [1.165, 1.54) is 0 Å². The molecule has 1 saturated heterocycles. The van der Waals surface area contributed by atoms with Gasteiger partial charge in [0.2, 0.25) is 0 Å². The zero-order valence-corrected chi connectivity index (χ0v) is 9.31. The molecule has 1 atom stereocenters. The summed E-state index contributed by atoms with van der Waals surface area (Å²) in [6.07, 6.45) is 1.02. The first-order chi connectivity index (χ1) is 8.49. The summed E-state index contributed by atoms with van der Waals surface area (Å²) < 4.78 is 0. The summed E-state index contributed by atoms with van der Waals surface area (Å²) in [6.45, 7) is 0.761. The minimum atomic E-state index is -1.28. The lowest BCUT2D eigenvalue weighted by molar-refractivity contribution is -0.385. The highest BCUT2D eigenvalue weighted by molar-refractivity contribution is 5.94. The highest BCUT2D eigenvalue weighted by Gasteiger charge is 2.27. The third-order valence-electron chi connectivity index (χ3n) is 2.76. The quantitative estimate of drug-likeness (QED) is 0.586. The van der Waals surface area contributed by atoms with Crippen molar-refractivity contribution in [2.24, 2.45) is 0 Å². The van der Waals surface area contributed by atoms with Gasteiger partial charge >= 0.3 is 5.97 Å². The smallest absolute Gasteiger partial charge is 0.339 e. The molecule has 18 heavy (non-hydrogen) atoms. The highest BCUT2D eigenvalue weighted by Crippen LogP contribution is 2.25. The van der Waals surface area contributed by atoms with Crippen LogP contribution in [-0.2, 0) is 0 Å². The van der Waals surface area contributed by atoms with Gasteiger partial charge in [-0.1, -0.05) is 0 Å². The van der Waals surface area contributed by atoms with Crippen molar-refractivity contribution < 1.29 is 19.9 Å². The second-order valence-electron chi connectivity index (χ2n) is 4.02. The van der Waals surface area contributed by atoms with Crippen molar-refractivity contribution in [2.45, 2.75) is 12.5 Å². The summed E-state index contributed by atoms with van der Waals surface area (Å²) in [5.74, 6) is -1.12. The van der Waals surface area contributed by atoms with Crippen LogP contribution in [0.5, 0.6) is 0 Å². The Morgan fingerprint density at radius 3 is 2.83 bits per heavy atom. The minimum Gasteiger partial charge on any atom is -0.478 e. The molecule has 1 aromatic heterocycles. The molecule has 2 rings (SSSR count). The average Bonchev–Trinajstić information content (AvgIpc) is 2.74. The fraction of sp³-hybridized carbons (Fsp3) is 0.400. The minimum absolute atomic E-state index is 0.157. The fourth-order valence-corrected chi connectivity index (χ4v) is 1.89. The molecule has 2 heterocycles. The molecule has 0 bridgehead atoms. The predicted molar refractivity (Wildman–Crippen MR) is 60.7 cm³/mol. The highest BCUT2D eigenvalue weighted by atomic mass is 16.6. The van der Waals surface area contributed by atoms with Gasteiger partial charge in [-0.3, -0.25) is 10.1 Å². The van der Waals surface area contributed by atoms with Gasteiger partial charge < -0.3 is 15.1 Å². The van der Waals surface area contributed by atoms with E-state index < -0.39 is 17.0 Å². The van der Waals surface area contributed by atoms with E-state index in [2.05, 4.69) is 4.98 Å². The number of aromatic carboxylic acids is 1. The van der Waals surface area contributed by atoms with Crippen LogP contribution in [0, 0.1) is 10.1 Å². The summed E-state index contributed by atoms with van der Waals surface area (Å²) in [4.78, 5) is 26.4. The van der Waals surface area contributed by atoms with E-state index in [0.29, 0.717) is 13.0 Å². The number of rotatable bonds is 3. The Labute approximate surface area is 102 Å². The summed E-state index contributed by atoms with van der Waals surface area (Å²) in [7, 11) is 0. The third-order valence-corrected chi connectivity index (χ3v) is 2.76. The second kappa shape index (κ2) is 4.57. The normalized spacial score (nSPS) is 18.9.